The number of unbranched alkanes of at least 4 members (excludes halogenated alkanes) is 1. The number of nitrogens with zero attached hydrogens (tertiary/aromatic N) is 4. The Morgan fingerprint density at radius 1 is 1.00 bits per heavy atom. The predicted octanol–water partition coefficient (Wildman–Crippen LogP) is 4.01. The molecular weight excluding hydrogens is 456 g/mol. The molecule has 1 aromatic carbocycles. The SMILES string of the molecule is CC(C)(C)OC(=O)[N+](CN1CCCC1)(C(=O)[O-])N(CCCCc1cccnc1)CCc1ccccc1. The summed E-state index contributed by atoms with van der Waals surface area (Å²) in [5.41, 5.74) is 1.39. The zero-order valence-electron chi connectivity index (χ0n) is 21.9. The number of carbonyl (C=O) groups excluding carboxylic acids is 2. The van der Waals surface area contributed by atoms with Gasteiger partial charge in [0.25, 0.3) is 6.09 Å². The van der Waals surface area contributed by atoms with Crippen LogP contribution in [0.15, 0.2) is 54.9 Å². The molecule has 1 atom stereocenters. The van der Waals surface area contributed by atoms with Gasteiger partial charge in [0.15, 0.2) is 6.67 Å². The molecule has 2 heterocycles. The van der Waals surface area contributed by atoms with Gasteiger partial charge >= 0.3 is 6.09 Å². The lowest BCUT2D eigenvalue weighted by Gasteiger charge is -2.44. The van der Waals surface area contributed by atoms with E-state index < -0.39 is 22.4 Å². The lowest BCUT2D eigenvalue weighted by molar-refractivity contribution is -0.932. The maximum atomic E-state index is 13.7. The third kappa shape index (κ3) is 7.85. The molecule has 1 aromatic heterocycles. The Hall–Kier alpha value is -2.81. The van der Waals surface area contributed by atoms with E-state index in [9.17, 15) is 14.7 Å². The van der Waals surface area contributed by atoms with Crippen LogP contribution >= 0.6 is 0 Å². The van der Waals surface area contributed by atoms with Crippen molar-refractivity contribution in [2.75, 3.05) is 32.8 Å². The van der Waals surface area contributed by atoms with Gasteiger partial charge in [-0.3, -0.25) is 9.88 Å². The summed E-state index contributed by atoms with van der Waals surface area (Å²) in [4.78, 5) is 32.8. The Morgan fingerprint density at radius 2 is 1.69 bits per heavy atom. The zero-order valence-corrected chi connectivity index (χ0v) is 21.9. The number of hydrogen-bond donors (Lipinski definition) is 0. The van der Waals surface area contributed by atoms with E-state index in [0.29, 0.717) is 19.5 Å². The summed E-state index contributed by atoms with van der Waals surface area (Å²) in [5.74, 6) is 0. The molecular formula is C28H40N4O4. The van der Waals surface area contributed by atoms with E-state index in [-0.39, 0.29) is 6.67 Å². The first-order valence-corrected chi connectivity index (χ1v) is 12.9. The number of imide groups is 1. The number of carbonyl (C=O) groups is 2. The van der Waals surface area contributed by atoms with Crippen molar-refractivity contribution in [3.05, 3.63) is 66.0 Å². The smallest absolute Gasteiger partial charge is 0.496 e. The molecule has 2 aromatic rings. The van der Waals surface area contributed by atoms with E-state index in [2.05, 4.69) is 4.98 Å². The van der Waals surface area contributed by atoms with Crippen molar-refractivity contribution in [3.63, 3.8) is 0 Å². The number of likely N-dealkylation sites (tertiary alicyclic amines) is 1. The van der Waals surface area contributed by atoms with Crippen LogP contribution in [0.3, 0.4) is 0 Å². The highest BCUT2D eigenvalue weighted by atomic mass is 16.6. The molecule has 0 radical (unpaired) electrons. The molecule has 8 nitrogen and oxygen atoms in total. The summed E-state index contributed by atoms with van der Waals surface area (Å²) in [6.45, 7) is 7.60. The Labute approximate surface area is 215 Å². The summed E-state index contributed by atoms with van der Waals surface area (Å²) in [7, 11) is 0. The van der Waals surface area contributed by atoms with Gasteiger partial charge < -0.3 is 14.6 Å². The minimum Gasteiger partial charge on any atom is -0.496 e. The van der Waals surface area contributed by atoms with E-state index in [1.807, 2.05) is 53.6 Å². The second-order valence-electron chi connectivity index (χ2n) is 10.5. The van der Waals surface area contributed by atoms with Gasteiger partial charge in [-0.15, -0.1) is 5.01 Å². The Morgan fingerprint density at radius 3 is 2.31 bits per heavy atom. The van der Waals surface area contributed by atoms with Crippen LogP contribution in [0.4, 0.5) is 9.59 Å². The average Bonchev–Trinajstić information content (AvgIpc) is 3.35. The third-order valence-corrected chi connectivity index (χ3v) is 6.44. The minimum absolute atomic E-state index is 0.00857. The highest BCUT2D eigenvalue weighted by Crippen LogP contribution is 2.24. The lowest BCUT2D eigenvalue weighted by atomic mass is 10.1. The van der Waals surface area contributed by atoms with Crippen LogP contribution in [0.2, 0.25) is 0 Å². The molecule has 0 bridgehead atoms. The van der Waals surface area contributed by atoms with Crippen molar-refractivity contribution >= 4 is 12.2 Å². The van der Waals surface area contributed by atoms with Crippen molar-refractivity contribution < 1.29 is 24.0 Å². The number of rotatable bonds is 11. The van der Waals surface area contributed by atoms with Crippen LogP contribution in [-0.4, -0.2) is 70.1 Å². The molecule has 0 spiro atoms. The first-order chi connectivity index (χ1) is 17.2. The Bertz CT molecular complexity index is 959. The molecule has 0 aliphatic carbocycles. The molecule has 8 heteroatoms. The van der Waals surface area contributed by atoms with Crippen LogP contribution in [0.1, 0.15) is 57.6 Å². The van der Waals surface area contributed by atoms with Gasteiger partial charge in [0.1, 0.15) is 5.60 Å². The number of ether oxygens (including phenoxy) is 1. The summed E-state index contributed by atoms with van der Waals surface area (Å²) in [5, 5.41) is 14.7. The van der Waals surface area contributed by atoms with Crippen molar-refractivity contribution in [2.24, 2.45) is 0 Å². The Kier molecular flexibility index (Phi) is 9.98. The van der Waals surface area contributed by atoms with Crippen molar-refractivity contribution in [2.45, 2.75) is 64.9 Å². The van der Waals surface area contributed by atoms with Gasteiger partial charge in [-0.05, 0) is 76.5 Å². The van der Waals surface area contributed by atoms with Crippen LogP contribution in [0.5, 0.6) is 0 Å². The monoisotopic (exact) mass is 496 g/mol. The fourth-order valence-electron chi connectivity index (χ4n) is 4.59. The van der Waals surface area contributed by atoms with Crippen LogP contribution < -0.4 is 5.11 Å². The van der Waals surface area contributed by atoms with Gasteiger partial charge in [0.2, 0.25) is 0 Å². The van der Waals surface area contributed by atoms with E-state index in [1.54, 1.807) is 32.0 Å². The normalized spacial score (nSPS) is 16.1. The highest BCUT2D eigenvalue weighted by Gasteiger charge is 2.51. The number of aryl methyl sites for hydroxylation is 1. The van der Waals surface area contributed by atoms with Crippen molar-refractivity contribution in [1.29, 1.82) is 0 Å². The van der Waals surface area contributed by atoms with Gasteiger partial charge in [0, 0.05) is 32.0 Å². The van der Waals surface area contributed by atoms with Gasteiger partial charge in [-0.1, -0.05) is 41.0 Å². The number of quaternary nitrogens is 1. The highest BCUT2D eigenvalue weighted by molar-refractivity contribution is 5.73. The quantitative estimate of drug-likeness (QED) is 0.264. The maximum Gasteiger partial charge on any atom is 0.544 e. The molecule has 0 N–H and O–H groups in total. The van der Waals surface area contributed by atoms with E-state index >= 15 is 0 Å². The molecule has 1 fully saturated rings. The fraction of sp³-hybridized carbons (Fsp3) is 0.536. The molecule has 0 saturated carbocycles. The number of amides is 2. The molecule has 3 rings (SSSR count). The second kappa shape index (κ2) is 12.9. The molecule has 36 heavy (non-hydrogen) atoms. The molecule has 2 amide bonds. The minimum atomic E-state index is -1.45. The number of aromatic nitrogens is 1. The predicted molar refractivity (Wildman–Crippen MR) is 136 cm³/mol. The molecule has 1 saturated heterocycles. The summed E-state index contributed by atoms with van der Waals surface area (Å²) < 4.78 is 4.74. The van der Waals surface area contributed by atoms with Gasteiger partial charge in [-0.25, -0.2) is 0 Å². The number of benzene rings is 1. The number of hydrogen-bond acceptors (Lipinski definition) is 7. The van der Waals surface area contributed by atoms with Gasteiger partial charge in [-0.2, -0.15) is 4.79 Å². The van der Waals surface area contributed by atoms with Crippen LogP contribution in [0, 0.1) is 0 Å². The van der Waals surface area contributed by atoms with E-state index in [0.717, 1.165) is 56.3 Å². The zero-order chi connectivity index (χ0) is 26.0. The van der Waals surface area contributed by atoms with Gasteiger partial charge in [0.05, 0.1) is 6.54 Å². The summed E-state index contributed by atoms with van der Waals surface area (Å²) in [6.07, 6.45) is 6.34. The average molecular weight is 497 g/mol. The molecule has 1 unspecified atom stereocenters. The van der Waals surface area contributed by atoms with Crippen molar-refractivity contribution in [1.82, 2.24) is 14.9 Å². The van der Waals surface area contributed by atoms with Crippen molar-refractivity contribution in [3.8, 4) is 0 Å². The summed E-state index contributed by atoms with van der Waals surface area (Å²) in [6, 6.07) is 13.9. The topological polar surface area (TPSA) is 85.8 Å². The molecule has 196 valence electrons. The maximum absolute atomic E-state index is 13.7. The van der Waals surface area contributed by atoms with Crippen LogP contribution in [-0.2, 0) is 17.6 Å². The second-order valence-corrected chi connectivity index (χ2v) is 10.5. The first kappa shape index (κ1) is 27.8. The number of pyridine rings is 1. The van der Waals surface area contributed by atoms with Crippen LogP contribution in [0.25, 0.3) is 0 Å². The lowest BCUT2D eigenvalue weighted by Crippen LogP contribution is -2.73. The molecule has 1 aliphatic rings. The fourth-order valence-corrected chi connectivity index (χ4v) is 4.59. The largest absolute Gasteiger partial charge is 0.544 e. The van der Waals surface area contributed by atoms with E-state index in [1.165, 1.54) is 0 Å². The standard InChI is InChI=1S/C28H40N4O4/c1-28(2,3)36-27(35)32(26(33)34,23-30-18-9-10-19-30)31(21-16-24-12-5-4-6-13-24)20-8-7-14-25-15-11-17-29-22-25/h4-6,11-13,15,17,22H,7-10,14,16,18-21,23H2,1-3H3. The third-order valence-electron chi connectivity index (χ3n) is 6.44. The first-order valence-electron chi connectivity index (χ1n) is 12.9. The van der Waals surface area contributed by atoms with E-state index in [4.69, 9.17) is 4.74 Å². The number of carboxylic acid groups (broad SMARTS) is 1. The Balaban J connectivity index is 1.87. The molecule has 1 aliphatic heterocycles. The summed E-state index contributed by atoms with van der Waals surface area (Å²) >= 11 is 0.